The summed E-state index contributed by atoms with van der Waals surface area (Å²) in [6.45, 7) is 4.79. The van der Waals surface area contributed by atoms with Crippen LogP contribution in [0.4, 0.5) is 0 Å². The van der Waals surface area contributed by atoms with Crippen LogP contribution >= 0.6 is 0 Å². The van der Waals surface area contributed by atoms with Gasteiger partial charge in [0.15, 0.2) is 5.89 Å². The first-order chi connectivity index (χ1) is 14.7. The highest BCUT2D eigenvalue weighted by Gasteiger charge is 2.29. The molecule has 30 heavy (non-hydrogen) atoms. The maximum Gasteiger partial charge on any atom is 0.254 e. The van der Waals surface area contributed by atoms with Crippen molar-refractivity contribution in [2.24, 2.45) is 0 Å². The lowest BCUT2D eigenvalue weighted by molar-refractivity contribution is 0.0726. The van der Waals surface area contributed by atoms with Gasteiger partial charge in [-0.3, -0.25) is 4.79 Å². The van der Waals surface area contributed by atoms with Crippen molar-refractivity contribution in [1.82, 2.24) is 9.88 Å². The molecule has 1 amide bonds. The molecule has 0 saturated carbocycles. The summed E-state index contributed by atoms with van der Waals surface area (Å²) in [5, 5.41) is 0. The zero-order valence-corrected chi connectivity index (χ0v) is 17.3. The molecule has 2 aliphatic rings. The largest absolute Gasteiger partial charge is 0.445 e. The number of aromatic nitrogens is 1. The number of nitrogens with zero attached hydrogens (tertiary/aromatic N) is 2. The van der Waals surface area contributed by atoms with Crippen molar-refractivity contribution in [2.45, 2.75) is 38.6 Å². The van der Waals surface area contributed by atoms with Gasteiger partial charge in [0.2, 0.25) is 0 Å². The van der Waals surface area contributed by atoms with Crippen LogP contribution < -0.4 is 0 Å². The first-order valence-corrected chi connectivity index (χ1v) is 10.7. The van der Waals surface area contributed by atoms with Gasteiger partial charge in [-0.15, -0.1) is 0 Å². The Balaban J connectivity index is 1.29. The highest BCUT2D eigenvalue weighted by molar-refractivity contribution is 5.94. The van der Waals surface area contributed by atoms with Crippen LogP contribution in [-0.4, -0.2) is 35.5 Å². The number of fused-ring (bicyclic) bond motifs is 1. The lowest BCUT2D eigenvalue weighted by Crippen LogP contribution is -2.35. The van der Waals surface area contributed by atoms with Crippen molar-refractivity contribution in [3.63, 3.8) is 0 Å². The van der Waals surface area contributed by atoms with Crippen molar-refractivity contribution < 1.29 is 13.9 Å². The second-order valence-corrected chi connectivity index (χ2v) is 8.23. The number of ether oxygens (including phenoxy) is 1. The second kappa shape index (κ2) is 8.07. The molecule has 5 heteroatoms. The summed E-state index contributed by atoms with van der Waals surface area (Å²) >= 11 is 0. The molecule has 3 aromatic rings. The molecule has 5 rings (SSSR count). The minimum absolute atomic E-state index is 0.0479. The molecular formula is C25H26N2O3. The molecule has 0 atom stereocenters. The van der Waals surface area contributed by atoms with E-state index in [2.05, 4.69) is 31.2 Å². The third kappa shape index (κ3) is 3.77. The fourth-order valence-corrected chi connectivity index (χ4v) is 4.24. The highest BCUT2D eigenvalue weighted by atomic mass is 16.5. The summed E-state index contributed by atoms with van der Waals surface area (Å²) in [6.07, 6.45) is 2.63. The maximum absolute atomic E-state index is 13.1. The first-order valence-electron chi connectivity index (χ1n) is 10.7. The summed E-state index contributed by atoms with van der Waals surface area (Å²) in [6, 6.07) is 16.3. The van der Waals surface area contributed by atoms with E-state index in [4.69, 9.17) is 14.1 Å². The molecule has 5 nitrogen and oxygen atoms in total. The number of carbonyl (C=O) groups is 1. The molecule has 154 valence electrons. The Kier molecular flexibility index (Phi) is 5.13. The molecular weight excluding hydrogens is 376 g/mol. The van der Waals surface area contributed by atoms with E-state index in [9.17, 15) is 4.79 Å². The van der Waals surface area contributed by atoms with E-state index in [1.165, 1.54) is 5.56 Å². The SMILES string of the molecule is Cc1ccc(-c2ccc(C(=O)N3CCc4oc(C5CCOCC5)nc4C3)cc2)cc1. The van der Waals surface area contributed by atoms with Gasteiger partial charge in [-0.25, -0.2) is 4.98 Å². The molecule has 2 aliphatic heterocycles. The smallest absolute Gasteiger partial charge is 0.254 e. The number of carbonyl (C=O) groups excluding carboxylic acids is 1. The molecule has 0 unspecified atom stereocenters. The molecule has 1 fully saturated rings. The van der Waals surface area contributed by atoms with Crippen molar-refractivity contribution in [2.75, 3.05) is 19.8 Å². The Hall–Kier alpha value is -2.92. The first kappa shape index (κ1) is 19.1. The van der Waals surface area contributed by atoms with E-state index in [1.54, 1.807) is 0 Å². The Morgan fingerprint density at radius 2 is 1.67 bits per heavy atom. The molecule has 0 spiro atoms. The van der Waals surface area contributed by atoms with Crippen LogP contribution in [0.2, 0.25) is 0 Å². The molecule has 0 radical (unpaired) electrons. The predicted octanol–water partition coefficient (Wildman–Crippen LogP) is 4.74. The van der Waals surface area contributed by atoms with Gasteiger partial charge in [0, 0.05) is 37.7 Å². The molecule has 0 aliphatic carbocycles. The maximum atomic E-state index is 13.1. The van der Waals surface area contributed by atoms with E-state index in [0.29, 0.717) is 24.6 Å². The summed E-state index contributed by atoms with van der Waals surface area (Å²) in [7, 11) is 0. The zero-order valence-electron chi connectivity index (χ0n) is 17.3. The molecule has 0 bridgehead atoms. The molecule has 1 saturated heterocycles. The normalized spacial score (nSPS) is 17.0. The summed E-state index contributed by atoms with van der Waals surface area (Å²) in [4.78, 5) is 19.7. The molecule has 2 aromatic carbocycles. The van der Waals surface area contributed by atoms with Crippen molar-refractivity contribution >= 4 is 5.91 Å². The van der Waals surface area contributed by atoms with E-state index >= 15 is 0 Å². The number of hydrogen-bond acceptors (Lipinski definition) is 4. The van der Waals surface area contributed by atoms with E-state index < -0.39 is 0 Å². The number of rotatable bonds is 3. The average Bonchev–Trinajstić information content (AvgIpc) is 3.23. The predicted molar refractivity (Wildman–Crippen MR) is 114 cm³/mol. The Morgan fingerprint density at radius 3 is 2.37 bits per heavy atom. The number of benzene rings is 2. The Bertz CT molecular complexity index is 1030. The van der Waals surface area contributed by atoms with E-state index in [1.807, 2.05) is 29.2 Å². The van der Waals surface area contributed by atoms with Gasteiger partial charge in [0.05, 0.1) is 6.54 Å². The summed E-state index contributed by atoms with van der Waals surface area (Å²) in [5.41, 5.74) is 5.13. The van der Waals surface area contributed by atoms with Crippen LogP contribution in [0.15, 0.2) is 52.9 Å². The van der Waals surface area contributed by atoms with Gasteiger partial charge in [0.1, 0.15) is 11.5 Å². The fraction of sp³-hybridized carbons (Fsp3) is 0.360. The van der Waals surface area contributed by atoms with Crippen LogP contribution in [-0.2, 0) is 17.7 Å². The van der Waals surface area contributed by atoms with Gasteiger partial charge in [0.25, 0.3) is 5.91 Å². The van der Waals surface area contributed by atoms with Crippen LogP contribution in [0.3, 0.4) is 0 Å². The quantitative estimate of drug-likeness (QED) is 0.635. The van der Waals surface area contributed by atoms with Crippen molar-refractivity contribution in [3.05, 3.63) is 77.0 Å². The summed E-state index contributed by atoms with van der Waals surface area (Å²) in [5.74, 6) is 2.14. The van der Waals surface area contributed by atoms with Gasteiger partial charge in [-0.2, -0.15) is 0 Å². The summed E-state index contributed by atoms with van der Waals surface area (Å²) < 4.78 is 11.5. The second-order valence-electron chi connectivity index (χ2n) is 8.23. The van der Waals surface area contributed by atoms with E-state index in [-0.39, 0.29) is 5.91 Å². The van der Waals surface area contributed by atoms with Crippen LogP contribution in [0, 0.1) is 6.92 Å². The van der Waals surface area contributed by atoms with Crippen molar-refractivity contribution in [1.29, 1.82) is 0 Å². The van der Waals surface area contributed by atoms with Crippen molar-refractivity contribution in [3.8, 4) is 11.1 Å². The monoisotopic (exact) mass is 402 g/mol. The number of amides is 1. The standard InChI is InChI=1S/C25H26N2O3/c1-17-2-4-18(5-3-17)19-6-8-21(9-7-19)25(28)27-13-10-23-22(16-27)26-24(30-23)20-11-14-29-15-12-20/h2-9,20H,10-16H2,1H3. The third-order valence-corrected chi connectivity index (χ3v) is 6.12. The Labute approximate surface area is 176 Å². The Morgan fingerprint density at radius 1 is 1.00 bits per heavy atom. The molecule has 3 heterocycles. The van der Waals surface area contributed by atoms with Gasteiger partial charge in [-0.05, 0) is 43.0 Å². The third-order valence-electron chi connectivity index (χ3n) is 6.12. The van der Waals surface area contributed by atoms with Gasteiger partial charge >= 0.3 is 0 Å². The zero-order chi connectivity index (χ0) is 20.5. The minimum atomic E-state index is 0.0479. The minimum Gasteiger partial charge on any atom is -0.445 e. The molecule has 1 aromatic heterocycles. The number of oxazole rings is 1. The van der Waals surface area contributed by atoms with E-state index in [0.717, 1.165) is 60.9 Å². The number of hydrogen-bond donors (Lipinski definition) is 0. The van der Waals surface area contributed by atoms with Crippen LogP contribution in [0.5, 0.6) is 0 Å². The van der Waals surface area contributed by atoms with Gasteiger partial charge in [-0.1, -0.05) is 42.0 Å². The lowest BCUT2D eigenvalue weighted by atomic mass is 10.0. The fourth-order valence-electron chi connectivity index (χ4n) is 4.24. The van der Waals surface area contributed by atoms with Crippen LogP contribution in [0.25, 0.3) is 11.1 Å². The highest BCUT2D eigenvalue weighted by Crippen LogP contribution is 2.30. The van der Waals surface area contributed by atoms with Crippen LogP contribution in [0.1, 0.15) is 52.0 Å². The number of aryl methyl sites for hydroxylation is 1. The lowest BCUT2D eigenvalue weighted by Gasteiger charge is -2.25. The molecule has 0 N–H and O–H groups in total. The average molecular weight is 402 g/mol. The van der Waals surface area contributed by atoms with Gasteiger partial charge < -0.3 is 14.1 Å². The topological polar surface area (TPSA) is 55.6 Å².